The van der Waals surface area contributed by atoms with E-state index in [2.05, 4.69) is 6.58 Å². The average molecular weight is 402 g/mol. The van der Waals surface area contributed by atoms with Gasteiger partial charge in [-0.05, 0) is 37.5 Å². The molecule has 0 fully saturated rings. The molecule has 0 bridgehead atoms. The third-order valence-electron chi connectivity index (χ3n) is 4.98. The molecule has 3 aromatic rings. The second kappa shape index (κ2) is 8.14. The van der Waals surface area contributed by atoms with E-state index in [9.17, 15) is 14.2 Å². The number of rotatable bonds is 6. The predicted octanol–water partition coefficient (Wildman–Crippen LogP) is 5.92. The highest BCUT2D eigenvalue weighted by molar-refractivity contribution is 8.01. The summed E-state index contributed by atoms with van der Waals surface area (Å²) in [4.78, 5) is 27.1. The Morgan fingerprint density at radius 2 is 1.38 bits per heavy atom. The van der Waals surface area contributed by atoms with E-state index < -0.39 is 18.2 Å². The Balaban J connectivity index is 2.22. The van der Waals surface area contributed by atoms with Crippen LogP contribution in [0, 0.1) is 20.8 Å². The first-order valence-electron chi connectivity index (χ1n) is 9.35. The summed E-state index contributed by atoms with van der Waals surface area (Å²) >= 11 is 0. The molecular formula is C25H23O3P. The lowest BCUT2D eigenvalue weighted by molar-refractivity contribution is 0.104. The van der Waals surface area contributed by atoms with Gasteiger partial charge in [-0.15, -0.1) is 0 Å². The van der Waals surface area contributed by atoms with Gasteiger partial charge in [-0.1, -0.05) is 84.9 Å². The van der Waals surface area contributed by atoms with Crippen LogP contribution in [0.4, 0.5) is 0 Å². The van der Waals surface area contributed by atoms with Gasteiger partial charge in [0.2, 0.25) is 18.2 Å². The van der Waals surface area contributed by atoms with Crippen LogP contribution in [0.5, 0.6) is 0 Å². The maximum absolute atomic E-state index is 14.2. The zero-order valence-corrected chi connectivity index (χ0v) is 17.7. The molecule has 0 N–H and O–H groups in total. The largest absolute Gasteiger partial charge is 0.302 e. The SMILES string of the molecule is C=Cc1ccc(C(=O)P(=O)(C(=O)c2c(C)cc(C)cc2C)c2ccccc2)cc1. The van der Waals surface area contributed by atoms with E-state index in [0.717, 1.165) is 22.3 Å². The fourth-order valence-corrected chi connectivity index (χ4v) is 6.01. The van der Waals surface area contributed by atoms with Crippen molar-refractivity contribution < 1.29 is 14.2 Å². The lowest BCUT2D eigenvalue weighted by atomic mass is 10.0. The van der Waals surface area contributed by atoms with E-state index in [1.165, 1.54) is 0 Å². The fourth-order valence-electron chi connectivity index (χ4n) is 3.58. The molecule has 4 heteroatoms. The summed E-state index contributed by atoms with van der Waals surface area (Å²) < 4.78 is 14.2. The summed E-state index contributed by atoms with van der Waals surface area (Å²) in [7, 11) is -4.09. The minimum Gasteiger partial charge on any atom is -0.302 e. The fraction of sp³-hybridized carbons (Fsp3) is 0.120. The van der Waals surface area contributed by atoms with Gasteiger partial charge in [-0.2, -0.15) is 0 Å². The van der Waals surface area contributed by atoms with Crippen LogP contribution >= 0.6 is 7.14 Å². The Morgan fingerprint density at radius 1 is 0.828 bits per heavy atom. The summed E-state index contributed by atoms with van der Waals surface area (Å²) in [6, 6.07) is 18.7. The van der Waals surface area contributed by atoms with Crippen molar-refractivity contribution in [3.63, 3.8) is 0 Å². The van der Waals surface area contributed by atoms with Crippen LogP contribution in [0.25, 0.3) is 6.08 Å². The van der Waals surface area contributed by atoms with E-state index in [1.807, 2.05) is 32.9 Å². The summed E-state index contributed by atoms with van der Waals surface area (Å²) in [5, 5.41) is 0.252. The minimum absolute atomic E-state index is 0.249. The van der Waals surface area contributed by atoms with E-state index in [0.29, 0.717) is 5.56 Å². The standard InChI is InChI=1S/C25H23O3P/c1-5-20-11-13-21(14-12-20)24(26)29(28,22-9-7-6-8-10-22)25(27)23-18(3)15-17(2)16-19(23)4/h5-16H,1H2,2-4H3. The second-order valence-electron chi connectivity index (χ2n) is 7.15. The first kappa shape index (κ1) is 20.7. The Bertz CT molecular complexity index is 1120. The molecule has 0 aliphatic rings. The highest BCUT2D eigenvalue weighted by Gasteiger charge is 2.43. The van der Waals surface area contributed by atoms with Crippen molar-refractivity contribution in [2.24, 2.45) is 0 Å². The monoisotopic (exact) mass is 402 g/mol. The normalized spacial score (nSPS) is 12.8. The van der Waals surface area contributed by atoms with E-state index >= 15 is 0 Å². The van der Waals surface area contributed by atoms with Crippen LogP contribution in [0.15, 0.2) is 73.3 Å². The van der Waals surface area contributed by atoms with Crippen molar-refractivity contribution in [2.45, 2.75) is 20.8 Å². The van der Waals surface area contributed by atoms with Crippen LogP contribution in [0.3, 0.4) is 0 Å². The third-order valence-corrected chi connectivity index (χ3v) is 7.63. The van der Waals surface area contributed by atoms with Crippen molar-refractivity contribution in [1.82, 2.24) is 0 Å². The zero-order valence-electron chi connectivity index (χ0n) is 16.8. The quantitative estimate of drug-likeness (QED) is 0.481. The summed E-state index contributed by atoms with van der Waals surface area (Å²) in [5.74, 6) is 0. The van der Waals surface area contributed by atoms with Crippen molar-refractivity contribution in [3.8, 4) is 0 Å². The molecule has 1 atom stereocenters. The molecule has 0 heterocycles. The molecule has 0 aromatic heterocycles. The van der Waals surface area contributed by atoms with Gasteiger partial charge in [0.05, 0.1) is 0 Å². The van der Waals surface area contributed by atoms with E-state index in [-0.39, 0.29) is 10.9 Å². The maximum atomic E-state index is 14.2. The molecule has 0 aliphatic carbocycles. The number of benzene rings is 3. The molecule has 0 saturated carbocycles. The summed E-state index contributed by atoms with van der Waals surface area (Å²) in [6.07, 6.45) is 1.66. The number of carbonyl (C=O) groups excluding carboxylic acids is 2. The topological polar surface area (TPSA) is 51.2 Å². The lowest BCUT2D eigenvalue weighted by Gasteiger charge is -2.19. The molecule has 29 heavy (non-hydrogen) atoms. The van der Waals surface area contributed by atoms with Crippen LogP contribution in [0.1, 0.15) is 43.0 Å². The van der Waals surface area contributed by atoms with Gasteiger partial charge in [0.1, 0.15) is 0 Å². The van der Waals surface area contributed by atoms with Gasteiger partial charge in [0, 0.05) is 16.4 Å². The third kappa shape index (κ3) is 3.79. The van der Waals surface area contributed by atoms with Gasteiger partial charge in [0.15, 0.2) is 0 Å². The van der Waals surface area contributed by atoms with Gasteiger partial charge in [-0.25, -0.2) is 0 Å². The van der Waals surface area contributed by atoms with Gasteiger partial charge in [0.25, 0.3) is 0 Å². The molecule has 146 valence electrons. The Hall–Kier alpha value is -3.03. The molecule has 3 nitrogen and oxygen atoms in total. The summed E-state index contributed by atoms with van der Waals surface area (Å²) in [5.41, 5.74) is 2.64. The van der Waals surface area contributed by atoms with Crippen LogP contribution in [-0.2, 0) is 4.57 Å². The van der Waals surface area contributed by atoms with E-state index in [4.69, 9.17) is 0 Å². The molecule has 0 spiro atoms. The zero-order chi connectivity index (χ0) is 21.2. The van der Waals surface area contributed by atoms with E-state index in [1.54, 1.807) is 60.7 Å². The van der Waals surface area contributed by atoms with Gasteiger partial charge >= 0.3 is 0 Å². The van der Waals surface area contributed by atoms with Crippen molar-refractivity contribution in [2.75, 3.05) is 0 Å². The molecule has 0 aliphatic heterocycles. The number of hydrogen-bond acceptors (Lipinski definition) is 3. The number of carbonyl (C=O) groups is 2. The van der Waals surface area contributed by atoms with Gasteiger partial charge < -0.3 is 4.57 Å². The number of aryl methyl sites for hydroxylation is 3. The molecule has 0 amide bonds. The Kier molecular flexibility index (Phi) is 5.81. The molecular weight excluding hydrogens is 379 g/mol. The van der Waals surface area contributed by atoms with Crippen LogP contribution in [-0.4, -0.2) is 11.0 Å². The first-order valence-corrected chi connectivity index (χ1v) is 11.1. The predicted molar refractivity (Wildman–Crippen MR) is 120 cm³/mol. The minimum atomic E-state index is -4.09. The van der Waals surface area contributed by atoms with Crippen molar-refractivity contribution in [1.29, 1.82) is 0 Å². The lowest BCUT2D eigenvalue weighted by Crippen LogP contribution is -2.21. The highest BCUT2D eigenvalue weighted by atomic mass is 31.2. The average Bonchev–Trinajstić information content (AvgIpc) is 2.72. The smallest absolute Gasteiger partial charge is 0.248 e. The molecule has 1 unspecified atom stereocenters. The Morgan fingerprint density at radius 3 is 1.90 bits per heavy atom. The van der Waals surface area contributed by atoms with Gasteiger partial charge in [-0.3, -0.25) is 9.59 Å². The highest BCUT2D eigenvalue weighted by Crippen LogP contribution is 2.51. The number of hydrogen-bond donors (Lipinski definition) is 0. The molecule has 3 rings (SSSR count). The second-order valence-corrected chi connectivity index (χ2v) is 9.70. The molecule has 0 saturated heterocycles. The molecule has 3 aromatic carbocycles. The Labute approximate surface area is 171 Å². The van der Waals surface area contributed by atoms with Crippen molar-refractivity contribution in [3.05, 3.63) is 107 Å². The first-order chi connectivity index (χ1) is 13.8. The van der Waals surface area contributed by atoms with Crippen LogP contribution in [0.2, 0.25) is 0 Å². The maximum Gasteiger partial charge on any atom is 0.248 e. The van der Waals surface area contributed by atoms with Crippen molar-refractivity contribution >= 4 is 29.6 Å². The summed E-state index contributed by atoms with van der Waals surface area (Å²) in [6.45, 7) is 9.27. The van der Waals surface area contributed by atoms with Crippen LogP contribution < -0.4 is 5.30 Å². The molecule has 0 radical (unpaired) electrons.